The number of aliphatic hydroxyl groups excluding tert-OH is 4. The van der Waals surface area contributed by atoms with Gasteiger partial charge >= 0.3 is 5.97 Å². The van der Waals surface area contributed by atoms with E-state index in [1.54, 1.807) is 0 Å². The molecule has 0 radical (unpaired) electrons. The fourth-order valence-electron chi connectivity index (χ4n) is 3.11. The summed E-state index contributed by atoms with van der Waals surface area (Å²) < 4.78 is 10.2. The number of aryl methyl sites for hydroxylation is 1. The van der Waals surface area contributed by atoms with Gasteiger partial charge in [-0.15, -0.1) is 0 Å². The second-order valence-electron chi connectivity index (χ2n) is 6.40. The van der Waals surface area contributed by atoms with Crippen molar-refractivity contribution in [3.63, 3.8) is 0 Å². The minimum absolute atomic E-state index is 0.106. The van der Waals surface area contributed by atoms with Gasteiger partial charge in [0.05, 0.1) is 6.61 Å². The zero-order valence-corrected chi connectivity index (χ0v) is 14.1. The van der Waals surface area contributed by atoms with Crippen molar-refractivity contribution in [1.82, 2.24) is 4.98 Å². The molecule has 1 aromatic carbocycles. The van der Waals surface area contributed by atoms with Gasteiger partial charge in [-0.3, -0.25) is 4.79 Å². The van der Waals surface area contributed by atoms with Gasteiger partial charge in [-0.05, 0) is 24.5 Å². The van der Waals surface area contributed by atoms with Crippen molar-refractivity contribution in [1.29, 1.82) is 0 Å². The number of hydrogen-bond acceptors (Lipinski definition) is 7. The maximum absolute atomic E-state index is 12.0. The standard InChI is InChI=1S/C18H23NO7/c20-9-13-15(22)16(23)17(24)18(25-13)26-14(21)7-3-4-10-8-19-12-6-2-1-5-11(10)12/h1-2,5-6,8,13,15-20,22-24H,3-4,7,9H2/t13-,15-,16+,17-,18?/m1/s1. The predicted octanol–water partition coefficient (Wildman–Crippen LogP) is -0.166. The third-order valence-electron chi connectivity index (χ3n) is 4.60. The number of fused-ring (bicyclic) bond motifs is 1. The van der Waals surface area contributed by atoms with E-state index in [1.165, 1.54) is 0 Å². The number of aromatic amines is 1. The van der Waals surface area contributed by atoms with E-state index < -0.39 is 43.3 Å². The van der Waals surface area contributed by atoms with Crippen LogP contribution in [0.4, 0.5) is 0 Å². The SMILES string of the molecule is O=C(CCCc1c[nH]c2ccccc12)OC1O[C@H](CO)[C@@H](O)[C@H](O)[C@H]1O. The Kier molecular flexibility index (Phi) is 5.90. The number of carbonyl (C=O) groups is 1. The van der Waals surface area contributed by atoms with E-state index in [9.17, 15) is 20.1 Å². The predicted molar refractivity (Wildman–Crippen MR) is 91.1 cm³/mol. The molecule has 0 amide bonds. The Balaban J connectivity index is 1.51. The van der Waals surface area contributed by atoms with E-state index in [-0.39, 0.29) is 6.42 Å². The lowest BCUT2D eigenvalue weighted by Crippen LogP contribution is -2.59. The molecule has 0 saturated carbocycles. The number of esters is 1. The summed E-state index contributed by atoms with van der Waals surface area (Å²) in [5, 5.41) is 39.5. The van der Waals surface area contributed by atoms with Gasteiger partial charge < -0.3 is 34.9 Å². The molecule has 0 spiro atoms. The number of ether oxygens (including phenoxy) is 2. The van der Waals surface area contributed by atoms with Crippen LogP contribution in [0, 0.1) is 0 Å². The molecule has 1 aromatic heterocycles. The minimum Gasteiger partial charge on any atom is -0.433 e. The molecule has 5 N–H and O–H groups in total. The van der Waals surface area contributed by atoms with Gasteiger partial charge in [-0.2, -0.15) is 0 Å². The van der Waals surface area contributed by atoms with Gasteiger partial charge in [-0.1, -0.05) is 18.2 Å². The summed E-state index contributed by atoms with van der Waals surface area (Å²) in [4.78, 5) is 15.2. The van der Waals surface area contributed by atoms with E-state index in [1.807, 2.05) is 30.5 Å². The van der Waals surface area contributed by atoms with E-state index in [2.05, 4.69) is 4.98 Å². The monoisotopic (exact) mass is 365 g/mol. The number of rotatable bonds is 6. The number of nitrogens with one attached hydrogen (secondary N) is 1. The quantitative estimate of drug-likeness (QED) is 0.449. The van der Waals surface area contributed by atoms with Crippen LogP contribution in [-0.4, -0.2) is 68.7 Å². The lowest BCUT2D eigenvalue weighted by atomic mass is 9.99. The maximum Gasteiger partial charge on any atom is 0.308 e. The molecule has 8 heteroatoms. The molecular weight excluding hydrogens is 342 g/mol. The molecule has 1 fully saturated rings. The fraction of sp³-hybridized carbons (Fsp3) is 0.500. The number of carbonyl (C=O) groups excluding carboxylic acids is 1. The second kappa shape index (κ2) is 8.15. The van der Waals surface area contributed by atoms with E-state index in [0.29, 0.717) is 12.8 Å². The molecule has 2 heterocycles. The van der Waals surface area contributed by atoms with Crippen LogP contribution in [0.5, 0.6) is 0 Å². The molecule has 2 aromatic rings. The largest absolute Gasteiger partial charge is 0.433 e. The van der Waals surface area contributed by atoms with Crippen LogP contribution < -0.4 is 0 Å². The number of aliphatic hydroxyl groups is 4. The topological polar surface area (TPSA) is 132 Å². The highest BCUT2D eigenvalue weighted by Crippen LogP contribution is 2.23. The van der Waals surface area contributed by atoms with Gasteiger partial charge in [0.25, 0.3) is 0 Å². The second-order valence-corrected chi connectivity index (χ2v) is 6.40. The average Bonchev–Trinajstić information content (AvgIpc) is 3.05. The van der Waals surface area contributed by atoms with Crippen LogP contribution in [0.3, 0.4) is 0 Å². The Morgan fingerprint density at radius 3 is 2.69 bits per heavy atom. The van der Waals surface area contributed by atoms with Gasteiger partial charge in [0.2, 0.25) is 6.29 Å². The van der Waals surface area contributed by atoms with Crippen molar-refractivity contribution in [2.45, 2.75) is 50.0 Å². The van der Waals surface area contributed by atoms with Crippen molar-refractivity contribution >= 4 is 16.9 Å². The van der Waals surface area contributed by atoms with Crippen LogP contribution in [0.15, 0.2) is 30.5 Å². The van der Waals surface area contributed by atoms with Crippen LogP contribution in [0.2, 0.25) is 0 Å². The number of para-hydroxylation sites is 1. The first-order valence-corrected chi connectivity index (χ1v) is 8.56. The Morgan fingerprint density at radius 2 is 1.92 bits per heavy atom. The van der Waals surface area contributed by atoms with Crippen molar-refractivity contribution in [2.75, 3.05) is 6.61 Å². The first kappa shape index (κ1) is 18.8. The summed E-state index contributed by atoms with van der Waals surface area (Å²) in [6.45, 7) is -0.570. The van der Waals surface area contributed by atoms with Gasteiger partial charge in [-0.25, -0.2) is 0 Å². The van der Waals surface area contributed by atoms with Crippen LogP contribution in [0.25, 0.3) is 10.9 Å². The van der Waals surface area contributed by atoms with Crippen molar-refractivity contribution in [2.24, 2.45) is 0 Å². The summed E-state index contributed by atoms with van der Waals surface area (Å²) in [6.07, 6.45) is -3.92. The third-order valence-corrected chi connectivity index (χ3v) is 4.60. The highest BCUT2D eigenvalue weighted by molar-refractivity contribution is 5.83. The molecular formula is C18H23NO7. The zero-order valence-electron chi connectivity index (χ0n) is 14.1. The average molecular weight is 365 g/mol. The van der Waals surface area contributed by atoms with Gasteiger partial charge in [0.1, 0.15) is 24.4 Å². The minimum atomic E-state index is -1.58. The molecule has 1 saturated heterocycles. The summed E-state index contributed by atoms with van der Waals surface area (Å²) >= 11 is 0. The molecule has 8 nitrogen and oxygen atoms in total. The highest BCUT2D eigenvalue weighted by Gasteiger charge is 2.45. The van der Waals surface area contributed by atoms with Gasteiger partial charge in [0.15, 0.2) is 0 Å². The highest BCUT2D eigenvalue weighted by atomic mass is 16.7. The third kappa shape index (κ3) is 3.89. The maximum atomic E-state index is 12.0. The summed E-state index contributed by atoms with van der Waals surface area (Å²) in [5.41, 5.74) is 2.13. The number of H-pyrrole nitrogens is 1. The fourth-order valence-corrected chi connectivity index (χ4v) is 3.11. The summed E-state index contributed by atoms with van der Waals surface area (Å²) in [6, 6.07) is 7.88. The first-order valence-electron chi connectivity index (χ1n) is 8.56. The first-order chi connectivity index (χ1) is 12.5. The van der Waals surface area contributed by atoms with Crippen LogP contribution >= 0.6 is 0 Å². The van der Waals surface area contributed by atoms with Crippen LogP contribution in [0.1, 0.15) is 18.4 Å². The normalized spacial score (nSPS) is 29.0. The molecule has 5 atom stereocenters. The van der Waals surface area contributed by atoms with Gasteiger partial charge in [0, 0.05) is 23.5 Å². The molecule has 0 bridgehead atoms. The summed E-state index contributed by atoms with van der Waals surface area (Å²) in [5.74, 6) is -0.589. The number of aromatic nitrogens is 1. The summed E-state index contributed by atoms with van der Waals surface area (Å²) in [7, 11) is 0. The zero-order chi connectivity index (χ0) is 18.7. The molecule has 3 rings (SSSR count). The molecule has 1 unspecified atom stereocenters. The molecule has 26 heavy (non-hydrogen) atoms. The van der Waals surface area contributed by atoms with Crippen molar-refractivity contribution < 1.29 is 34.7 Å². The number of benzene rings is 1. The van der Waals surface area contributed by atoms with E-state index in [4.69, 9.17) is 14.6 Å². The lowest BCUT2D eigenvalue weighted by Gasteiger charge is -2.39. The van der Waals surface area contributed by atoms with Crippen LogP contribution in [-0.2, 0) is 20.7 Å². The van der Waals surface area contributed by atoms with Crippen molar-refractivity contribution in [3.8, 4) is 0 Å². The molecule has 1 aliphatic rings. The Labute approximate surface area is 150 Å². The molecule has 0 aliphatic carbocycles. The lowest BCUT2D eigenvalue weighted by molar-refractivity contribution is -0.292. The molecule has 1 aliphatic heterocycles. The Hall–Kier alpha value is -1.97. The number of hydrogen-bond donors (Lipinski definition) is 5. The smallest absolute Gasteiger partial charge is 0.308 e. The Morgan fingerprint density at radius 1 is 1.15 bits per heavy atom. The molecule has 142 valence electrons. The van der Waals surface area contributed by atoms with E-state index in [0.717, 1.165) is 16.5 Å². The van der Waals surface area contributed by atoms with Crippen molar-refractivity contribution in [3.05, 3.63) is 36.0 Å². The Bertz CT molecular complexity index is 744. The van der Waals surface area contributed by atoms with E-state index >= 15 is 0 Å².